The molecule has 6 aromatic rings. The molecule has 0 radical (unpaired) electrons. The van der Waals surface area contributed by atoms with Crippen LogP contribution < -0.4 is 33.8 Å². The number of aromatic nitrogens is 1. The highest BCUT2D eigenvalue weighted by Gasteiger charge is 2.43. The number of rotatable bonds is 15. The van der Waals surface area contributed by atoms with Gasteiger partial charge in [-0.25, -0.2) is 31.2 Å². The van der Waals surface area contributed by atoms with Gasteiger partial charge < -0.3 is 25.2 Å². The van der Waals surface area contributed by atoms with E-state index in [4.69, 9.17) is 4.74 Å². The molecule has 0 unspecified atom stereocenters. The molecule has 14 nitrogen and oxygen atoms in total. The number of thiazole rings is 1. The molecule has 5 aromatic carbocycles. The standard InChI is InChI=1S/C44H39F4N7O7S2/c1-52(32-8-11-34(62-3)12-9-32)43(58)36(18-26-14-28(45)20-29(46)15-26)50-41(56)23-54-38-6-4-5-7-39(38)55(64(54,60)61)24-42(57)51-37(19-27-16-30(47)21-31(48)17-27)44(59)53(2)33-10-13-40-35(22-33)49-25-63-40/h4-17,20-22,25,36-37H,18-19,23-24H2,1-3H3,(H,50,56)(H,51,57)/t36-,37-/m0/s1. The van der Waals surface area contributed by atoms with E-state index in [9.17, 15) is 45.2 Å². The molecule has 7 rings (SSSR count). The normalized spacial score (nSPS) is 13.8. The fourth-order valence-corrected chi connectivity index (χ4v) is 9.50. The van der Waals surface area contributed by atoms with Crippen molar-refractivity contribution in [1.29, 1.82) is 0 Å². The number of carbonyl (C=O) groups is 4. The average molecular weight is 918 g/mol. The molecule has 0 fully saturated rings. The van der Waals surface area contributed by atoms with Gasteiger partial charge in [-0.15, -0.1) is 11.3 Å². The second-order valence-corrected chi connectivity index (χ2v) is 17.4. The lowest BCUT2D eigenvalue weighted by atomic mass is 10.0. The zero-order valence-corrected chi connectivity index (χ0v) is 35.9. The van der Waals surface area contributed by atoms with Crippen LogP contribution in [0.4, 0.5) is 40.3 Å². The fourth-order valence-electron chi connectivity index (χ4n) is 7.24. The number of hydrogen-bond donors (Lipinski definition) is 2. The van der Waals surface area contributed by atoms with E-state index in [1.165, 1.54) is 66.6 Å². The number of anilines is 4. The number of fused-ring (bicyclic) bond motifs is 2. The van der Waals surface area contributed by atoms with E-state index in [0.717, 1.165) is 37.6 Å². The predicted molar refractivity (Wildman–Crippen MR) is 233 cm³/mol. The topological polar surface area (TPSA) is 162 Å². The summed E-state index contributed by atoms with van der Waals surface area (Å²) in [6.45, 7) is -1.79. The summed E-state index contributed by atoms with van der Waals surface area (Å²) in [5, 5.41) is 5.07. The van der Waals surface area contributed by atoms with E-state index in [1.807, 2.05) is 0 Å². The van der Waals surface area contributed by atoms with Crippen molar-refractivity contribution in [2.24, 2.45) is 0 Å². The van der Waals surface area contributed by atoms with Gasteiger partial charge in [0.2, 0.25) is 23.6 Å². The number of likely N-dealkylation sites (N-methyl/N-ethyl adjacent to an activating group) is 2. The maximum Gasteiger partial charge on any atom is 0.327 e. The number of benzene rings is 5. The maximum atomic E-state index is 14.3. The van der Waals surface area contributed by atoms with E-state index in [1.54, 1.807) is 48.0 Å². The summed E-state index contributed by atoms with van der Waals surface area (Å²) in [5.41, 5.74) is 3.08. The van der Waals surface area contributed by atoms with Gasteiger partial charge in [0.15, 0.2) is 0 Å². The number of carbonyl (C=O) groups excluding carboxylic acids is 4. The molecule has 1 aliphatic rings. The molecule has 64 heavy (non-hydrogen) atoms. The largest absolute Gasteiger partial charge is 0.497 e. The minimum atomic E-state index is -4.73. The molecule has 0 spiro atoms. The summed E-state index contributed by atoms with van der Waals surface area (Å²) in [7, 11) is -0.402. The van der Waals surface area contributed by atoms with Gasteiger partial charge in [0.25, 0.3) is 0 Å². The SMILES string of the molecule is COc1ccc(N(C)C(=O)[C@H](Cc2cc(F)cc(F)c2)NC(=O)CN2c3ccccc3N(CC(=O)N[C@@H](Cc3cc(F)cc(F)c3)C(=O)N(C)c3ccc4scnc4c3)S2(=O)=O)cc1. The molecule has 0 aliphatic carbocycles. The lowest BCUT2D eigenvalue weighted by Gasteiger charge is -2.27. The molecule has 2 N–H and O–H groups in total. The minimum absolute atomic E-state index is 0.00341. The van der Waals surface area contributed by atoms with Gasteiger partial charge in [-0.05, 0) is 90.0 Å². The third-order valence-corrected chi connectivity index (χ3v) is 12.9. The molecule has 1 aromatic heterocycles. The van der Waals surface area contributed by atoms with Crippen LogP contribution in [-0.4, -0.2) is 83.4 Å². The Morgan fingerprint density at radius 2 is 1.12 bits per heavy atom. The first-order valence-corrected chi connectivity index (χ1v) is 21.7. The molecule has 2 atom stereocenters. The molecule has 20 heteroatoms. The molecule has 0 bridgehead atoms. The van der Waals surface area contributed by atoms with E-state index < -0.39 is 82.3 Å². The third kappa shape index (κ3) is 9.92. The van der Waals surface area contributed by atoms with Gasteiger partial charge in [-0.2, -0.15) is 8.42 Å². The van der Waals surface area contributed by atoms with Crippen molar-refractivity contribution in [2.75, 3.05) is 52.7 Å². The van der Waals surface area contributed by atoms with Crippen LogP contribution in [0.2, 0.25) is 0 Å². The first-order chi connectivity index (χ1) is 30.5. The molecule has 332 valence electrons. The second kappa shape index (κ2) is 18.7. The summed E-state index contributed by atoms with van der Waals surface area (Å²) < 4.78 is 93.1. The van der Waals surface area contributed by atoms with Crippen molar-refractivity contribution >= 4 is 78.1 Å². The molecule has 0 saturated heterocycles. The van der Waals surface area contributed by atoms with Gasteiger partial charge in [0, 0.05) is 50.4 Å². The third-order valence-electron chi connectivity index (χ3n) is 10.4. The Balaban J connectivity index is 1.11. The lowest BCUT2D eigenvalue weighted by molar-refractivity contribution is -0.126. The number of methoxy groups -OCH3 is 1. The number of nitrogens with zero attached hydrogens (tertiary/aromatic N) is 5. The monoisotopic (exact) mass is 917 g/mol. The van der Waals surface area contributed by atoms with Crippen LogP contribution in [0.25, 0.3) is 10.2 Å². The van der Waals surface area contributed by atoms with Gasteiger partial charge in [0.05, 0.1) is 34.2 Å². The van der Waals surface area contributed by atoms with Crippen molar-refractivity contribution in [1.82, 2.24) is 15.6 Å². The fraction of sp³-hybridized carbons (Fsp3) is 0.205. The van der Waals surface area contributed by atoms with Crippen LogP contribution in [0, 0.1) is 23.3 Å². The van der Waals surface area contributed by atoms with Crippen LogP contribution >= 0.6 is 11.3 Å². The lowest BCUT2D eigenvalue weighted by Crippen LogP contribution is -2.53. The van der Waals surface area contributed by atoms with Gasteiger partial charge in [0.1, 0.15) is 54.2 Å². The minimum Gasteiger partial charge on any atom is -0.497 e. The summed E-state index contributed by atoms with van der Waals surface area (Å²) >= 11 is 1.39. The van der Waals surface area contributed by atoms with Crippen LogP contribution in [0.15, 0.2) is 109 Å². The summed E-state index contributed by atoms with van der Waals surface area (Å²) in [6.07, 6.45) is -0.764. The Kier molecular flexibility index (Phi) is 13.2. The van der Waals surface area contributed by atoms with E-state index in [-0.39, 0.29) is 35.3 Å². The van der Waals surface area contributed by atoms with Gasteiger partial charge >= 0.3 is 10.2 Å². The van der Waals surface area contributed by atoms with Gasteiger partial charge in [-0.1, -0.05) is 12.1 Å². The van der Waals surface area contributed by atoms with Crippen molar-refractivity contribution in [2.45, 2.75) is 24.9 Å². The Bertz CT molecular complexity index is 2830. The van der Waals surface area contributed by atoms with Crippen LogP contribution in [0.3, 0.4) is 0 Å². The van der Waals surface area contributed by atoms with E-state index in [2.05, 4.69) is 15.6 Å². The zero-order valence-electron chi connectivity index (χ0n) is 34.3. The highest BCUT2D eigenvalue weighted by Crippen LogP contribution is 2.40. The van der Waals surface area contributed by atoms with E-state index in [0.29, 0.717) is 34.8 Å². The molecule has 0 saturated carbocycles. The molecular weight excluding hydrogens is 879 g/mol. The van der Waals surface area contributed by atoms with Crippen molar-refractivity contribution in [3.05, 3.63) is 143 Å². The first kappa shape index (κ1) is 45.0. The highest BCUT2D eigenvalue weighted by atomic mass is 32.2. The Hall–Kier alpha value is -7.06. The summed E-state index contributed by atoms with van der Waals surface area (Å²) in [4.78, 5) is 62.4. The zero-order chi connectivity index (χ0) is 45.9. The van der Waals surface area contributed by atoms with Crippen molar-refractivity contribution in [3.63, 3.8) is 0 Å². The highest BCUT2D eigenvalue weighted by molar-refractivity contribution is 7.94. The number of hydrogen-bond acceptors (Lipinski definition) is 9. The average Bonchev–Trinajstić information content (AvgIpc) is 3.81. The maximum absolute atomic E-state index is 14.3. The second-order valence-electron chi connectivity index (χ2n) is 14.7. The number of amides is 4. The number of nitrogens with one attached hydrogen (secondary N) is 2. The van der Waals surface area contributed by atoms with Crippen molar-refractivity contribution < 1.29 is 49.9 Å². The van der Waals surface area contributed by atoms with Crippen molar-refractivity contribution in [3.8, 4) is 5.75 Å². The number of para-hydroxylation sites is 2. The van der Waals surface area contributed by atoms with Crippen LogP contribution in [0.1, 0.15) is 11.1 Å². The molecular formula is C44H39F4N7O7S2. The Morgan fingerprint density at radius 1 is 0.672 bits per heavy atom. The van der Waals surface area contributed by atoms with Crippen LogP contribution in [0.5, 0.6) is 5.75 Å². The summed E-state index contributed by atoms with van der Waals surface area (Å²) in [6, 6.07) is 19.6. The predicted octanol–water partition coefficient (Wildman–Crippen LogP) is 5.51. The molecule has 4 amide bonds. The Labute approximate surface area is 368 Å². The van der Waals surface area contributed by atoms with E-state index >= 15 is 0 Å². The first-order valence-electron chi connectivity index (χ1n) is 19.4. The Morgan fingerprint density at radius 3 is 1.59 bits per heavy atom. The molecule has 1 aliphatic heterocycles. The molecule has 2 heterocycles. The smallest absolute Gasteiger partial charge is 0.327 e. The summed E-state index contributed by atoms with van der Waals surface area (Å²) in [5.74, 6) is -6.51. The van der Waals surface area contributed by atoms with Crippen LogP contribution in [-0.2, 0) is 42.2 Å². The quantitative estimate of drug-likeness (QED) is 0.128. The van der Waals surface area contributed by atoms with Gasteiger partial charge in [-0.3, -0.25) is 19.2 Å². The number of ether oxygens (including phenoxy) is 1. The number of halogens is 4.